The monoisotopic (exact) mass is 242 g/mol. The average molecular weight is 242 g/mol. The summed E-state index contributed by atoms with van der Waals surface area (Å²) in [5.74, 6) is 1.13. The number of carbonyl (C=O) groups is 1. The third kappa shape index (κ3) is 3.02. The number of thioether (sulfide) groups is 1. The smallest absolute Gasteiger partial charge is 0.238 e. The summed E-state index contributed by atoms with van der Waals surface area (Å²) in [6.07, 6.45) is 1.65. The number of aryl methyl sites for hydroxylation is 1. The molecule has 0 aliphatic rings. The molecule has 1 rings (SSSR count). The Kier molecular flexibility index (Phi) is 4.44. The molecule has 90 valence electrons. The van der Waals surface area contributed by atoms with E-state index in [9.17, 15) is 4.79 Å². The van der Waals surface area contributed by atoms with Crippen molar-refractivity contribution in [1.29, 1.82) is 0 Å². The molecule has 0 aliphatic carbocycles. The topological polar surface area (TPSA) is 68.3 Å². The van der Waals surface area contributed by atoms with Crippen molar-refractivity contribution in [2.45, 2.75) is 31.2 Å². The molecule has 0 saturated heterocycles. The van der Waals surface area contributed by atoms with Crippen LogP contribution in [0.2, 0.25) is 0 Å². The number of rotatable bonds is 6. The van der Waals surface area contributed by atoms with E-state index in [0.29, 0.717) is 12.3 Å². The van der Waals surface area contributed by atoms with E-state index in [1.54, 1.807) is 18.0 Å². The molecule has 1 aromatic rings. The van der Waals surface area contributed by atoms with Crippen molar-refractivity contribution in [3.63, 3.8) is 0 Å². The lowest BCUT2D eigenvalue weighted by Gasteiger charge is -2.26. The summed E-state index contributed by atoms with van der Waals surface area (Å²) >= 11 is 1.57. The average Bonchev–Trinajstić information content (AvgIpc) is 2.61. The highest BCUT2D eigenvalue weighted by Gasteiger charge is 2.30. The van der Waals surface area contributed by atoms with Crippen LogP contribution in [0.3, 0.4) is 0 Å². The molecule has 16 heavy (non-hydrogen) atoms. The van der Waals surface area contributed by atoms with Crippen molar-refractivity contribution < 1.29 is 9.21 Å². The zero-order valence-corrected chi connectivity index (χ0v) is 10.7. The van der Waals surface area contributed by atoms with E-state index in [1.165, 1.54) is 0 Å². The number of furan rings is 1. The van der Waals surface area contributed by atoms with Gasteiger partial charge in [-0.2, -0.15) is 0 Å². The number of nitrogens with two attached hydrogens (primary N) is 1. The Morgan fingerprint density at radius 1 is 1.69 bits per heavy atom. The predicted octanol–water partition coefficient (Wildman–Crippen LogP) is 1.53. The van der Waals surface area contributed by atoms with Gasteiger partial charge >= 0.3 is 0 Å². The van der Waals surface area contributed by atoms with Crippen LogP contribution in [0.15, 0.2) is 21.6 Å². The van der Waals surface area contributed by atoms with Crippen molar-refractivity contribution in [3.05, 3.63) is 18.1 Å². The first-order valence-electron chi connectivity index (χ1n) is 5.21. The Balaban J connectivity index is 2.64. The van der Waals surface area contributed by atoms with Crippen molar-refractivity contribution in [2.75, 3.05) is 12.3 Å². The van der Waals surface area contributed by atoms with E-state index in [1.807, 2.05) is 26.8 Å². The first-order chi connectivity index (χ1) is 7.49. The number of hydrogen-bond acceptors (Lipinski definition) is 4. The van der Waals surface area contributed by atoms with Gasteiger partial charge in [-0.1, -0.05) is 6.92 Å². The number of hydrogen-bond donors (Lipinski definition) is 2. The van der Waals surface area contributed by atoms with E-state index in [4.69, 9.17) is 10.2 Å². The molecule has 0 fully saturated rings. The third-order valence-corrected chi connectivity index (χ3v) is 3.89. The van der Waals surface area contributed by atoms with Crippen LogP contribution < -0.4 is 11.1 Å². The van der Waals surface area contributed by atoms with E-state index < -0.39 is 5.54 Å². The molecule has 0 bridgehead atoms. The number of nitrogens with one attached hydrogen (secondary N) is 1. The first-order valence-corrected chi connectivity index (χ1v) is 6.20. The van der Waals surface area contributed by atoms with Gasteiger partial charge in [0.1, 0.15) is 11.3 Å². The minimum atomic E-state index is -0.677. The molecule has 0 spiro atoms. The third-order valence-electron chi connectivity index (χ3n) is 2.44. The minimum Gasteiger partial charge on any atom is -0.468 e. The second-order valence-corrected chi connectivity index (χ2v) is 4.87. The highest BCUT2D eigenvalue weighted by Crippen LogP contribution is 2.26. The van der Waals surface area contributed by atoms with Gasteiger partial charge in [0, 0.05) is 10.6 Å². The van der Waals surface area contributed by atoms with Gasteiger partial charge < -0.3 is 15.5 Å². The summed E-state index contributed by atoms with van der Waals surface area (Å²) in [7, 11) is 0. The van der Waals surface area contributed by atoms with Crippen LogP contribution in [0.5, 0.6) is 0 Å². The van der Waals surface area contributed by atoms with Crippen LogP contribution in [-0.4, -0.2) is 23.7 Å². The molecule has 0 saturated carbocycles. The van der Waals surface area contributed by atoms with Crippen LogP contribution in [-0.2, 0) is 4.79 Å². The van der Waals surface area contributed by atoms with E-state index in [0.717, 1.165) is 10.7 Å². The molecular formula is C11H18N2O2S. The molecule has 3 N–H and O–H groups in total. The van der Waals surface area contributed by atoms with E-state index >= 15 is 0 Å². The maximum Gasteiger partial charge on any atom is 0.238 e. The second-order valence-electron chi connectivity index (χ2n) is 3.86. The van der Waals surface area contributed by atoms with Gasteiger partial charge in [-0.15, -0.1) is 11.8 Å². The van der Waals surface area contributed by atoms with Crippen LogP contribution in [0.1, 0.15) is 19.6 Å². The lowest BCUT2D eigenvalue weighted by Crippen LogP contribution is -2.55. The maximum atomic E-state index is 11.4. The van der Waals surface area contributed by atoms with E-state index in [2.05, 4.69) is 5.32 Å². The fourth-order valence-corrected chi connectivity index (χ4v) is 2.44. The molecule has 1 unspecified atom stereocenters. The minimum absolute atomic E-state index is 0.331. The van der Waals surface area contributed by atoms with Gasteiger partial charge in [-0.3, -0.25) is 4.79 Å². The standard InChI is InChI=1S/C11H18N2O2S/c1-4-13-11(3,10(12)14)7-16-9-5-6-15-8(9)2/h5-6,13H,4,7H2,1-3H3,(H2,12,14). The van der Waals surface area contributed by atoms with Crippen molar-refractivity contribution in [1.82, 2.24) is 5.32 Å². The molecule has 1 aromatic heterocycles. The van der Waals surface area contributed by atoms with Crippen LogP contribution in [0.4, 0.5) is 0 Å². The van der Waals surface area contributed by atoms with Gasteiger partial charge in [0.05, 0.1) is 6.26 Å². The molecule has 4 nitrogen and oxygen atoms in total. The number of primary amides is 1. The summed E-state index contributed by atoms with van der Waals surface area (Å²) in [4.78, 5) is 12.4. The lowest BCUT2D eigenvalue weighted by atomic mass is 10.1. The number of likely N-dealkylation sites (N-methyl/N-ethyl adjacent to an activating group) is 1. The molecule has 1 heterocycles. The van der Waals surface area contributed by atoms with Crippen LogP contribution >= 0.6 is 11.8 Å². The lowest BCUT2D eigenvalue weighted by molar-refractivity contribution is -0.122. The fourth-order valence-electron chi connectivity index (χ4n) is 1.34. The molecule has 1 amide bonds. The van der Waals surface area contributed by atoms with Gasteiger partial charge in [-0.25, -0.2) is 0 Å². The van der Waals surface area contributed by atoms with Gasteiger partial charge in [0.15, 0.2) is 0 Å². The van der Waals surface area contributed by atoms with Crippen molar-refractivity contribution in [2.24, 2.45) is 5.73 Å². The summed E-state index contributed by atoms with van der Waals surface area (Å²) in [6, 6.07) is 1.90. The Bertz CT molecular complexity index is 365. The zero-order chi connectivity index (χ0) is 12.2. The van der Waals surface area contributed by atoms with E-state index in [-0.39, 0.29) is 5.91 Å². The van der Waals surface area contributed by atoms with Gasteiger partial charge in [-0.05, 0) is 26.5 Å². The number of amides is 1. The quantitative estimate of drug-likeness (QED) is 0.742. The van der Waals surface area contributed by atoms with Crippen LogP contribution in [0.25, 0.3) is 0 Å². The Morgan fingerprint density at radius 2 is 2.38 bits per heavy atom. The molecule has 0 radical (unpaired) electrons. The highest BCUT2D eigenvalue weighted by atomic mass is 32.2. The molecule has 0 aromatic carbocycles. The summed E-state index contributed by atoms with van der Waals surface area (Å²) in [5, 5.41) is 3.11. The van der Waals surface area contributed by atoms with Crippen molar-refractivity contribution >= 4 is 17.7 Å². The zero-order valence-electron chi connectivity index (χ0n) is 9.87. The Labute approximate surface area is 100.0 Å². The normalized spacial score (nSPS) is 14.7. The van der Waals surface area contributed by atoms with Gasteiger partial charge in [0.2, 0.25) is 5.91 Å². The van der Waals surface area contributed by atoms with Gasteiger partial charge in [0.25, 0.3) is 0 Å². The fraction of sp³-hybridized carbons (Fsp3) is 0.545. The Morgan fingerprint density at radius 3 is 2.81 bits per heavy atom. The summed E-state index contributed by atoms with van der Waals surface area (Å²) in [5.41, 5.74) is 4.72. The Hall–Kier alpha value is -0.940. The number of carbonyl (C=O) groups excluding carboxylic acids is 1. The summed E-state index contributed by atoms with van der Waals surface area (Å²) < 4.78 is 5.19. The highest BCUT2D eigenvalue weighted by molar-refractivity contribution is 7.99. The SMILES string of the molecule is CCNC(C)(CSc1ccoc1C)C(N)=O. The summed E-state index contributed by atoms with van der Waals surface area (Å²) in [6.45, 7) is 6.39. The van der Waals surface area contributed by atoms with Crippen molar-refractivity contribution in [3.8, 4) is 0 Å². The largest absolute Gasteiger partial charge is 0.468 e. The molecule has 1 atom stereocenters. The predicted molar refractivity (Wildman–Crippen MR) is 65.4 cm³/mol. The first kappa shape index (κ1) is 13.1. The molecule has 0 aliphatic heterocycles. The van der Waals surface area contributed by atoms with Crippen LogP contribution in [0, 0.1) is 6.92 Å². The maximum absolute atomic E-state index is 11.4. The molecular weight excluding hydrogens is 224 g/mol. The molecule has 5 heteroatoms. The second kappa shape index (κ2) is 5.41.